The highest BCUT2D eigenvalue weighted by Crippen LogP contribution is 2.24. The van der Waals surface area contributed by atoms with Crippen LogP contribution in [0.2, 0.25) is 0 Å². The summed E-state index contributed by atoms with van der Waals surface area (Å²) in [6, 6.07) is 14.4. The zero-order valence-electron chi connectivity index (χ0n) is 24.7. The Kier molecular flexibility index (Phi) is 11.2. The van der Waals surface area contributed by atoms with E-state index in [0.29, 0.717) is 11.1 Å². The fourth-order valence-electron chi connectivity index (χ4n) is 4.48. The van der Waals surface area contributed by atoms with Gasteiger partial charge in [-0.15, -0.1) is 18.3 Å². The lowest BCUT2D eigenvalue weighted by Crippen LogP contribution is -2.27. The number of benzene rings is 2. The van der Waals surface area contributed by atoms with Gasteiger partial charge in [0.1, 0.15) is 11.9 Å². The van der Waals surface area contributed by atoms with Crippen molar-refractivity contribution in [2.75, 3.05) is 0 Å². The van der Waals surface area contributed by atoms with Gasteiger partial charge in [-0.05, 0) is 35.7 Å². The van der Waals surface area contributed by atoms with E-state index in [1.807, 2.05) is 0 Å². The SMILES string of the molecule is CC(=O)OC(C(=O)Cc1ccn(CC[C@@H](F)Cn2cc(C(=O)NCc3cccc(OC(F)(F)F)c3)nn2)c(=O)c1F)c1ccccc1. The Hall–Kier alpha value is -5.41. The van der Waals surface area contributed by atoms with Crippen molar-refractivity contribution < 1.29 is 45.8 Å². The average molecular weight is 662 g/mol. The number of hydrogen-bond acceptors (Lipinski definition) is 8. The Balaban J connectivity index is 1.29. The van der Waals surface area contributed by atoms with Crippen LogP contribution in [0.4, 0.5) is 22.0 Å². The molecule has 2 aromatic carbocycles. The van der Waals surface area contributed by atoms with Crippen LogP contribution in [0.15, 0.2) is 77.9 Å². The first kappa shape index (κ1) is 34.5. The van der Waals surface area contributed by atoms with Gasteiger partial charge in [0.05, 0.1) is 12.7 Å². The molecule has 0 aliphatic carbocycles. The van der Waals surface area contributed by atoms with Gasteiger partial charge in [0, 0.05) is 38.2 Å². The van der Waals surface area contributed by atoms with Crippen molar-refractivity contribution in [2.24, 2.45) is 0 Å². The number of carbonyl (C=O) groups excluding carboxylic acids is 3. The fraction of sp³-hybridized carbons (Fsp3) is 0.290. The molecular formula is C31H28F5N5O6. The standard InChI is InChI=1S/C31H28F5N5O6/c1-19(42)46-28(21-7-3-2-4-8-21)26(43)15-22-10-12-40(30(45)27(22)33)13-11-23(32)17-41-18-25(38-39-41)29(44)37-16-20-6-5-9-24(14-20)47-31(34,35)36/h2-10,12,14,18,23,28H,11,13,15-17H2,1H3,(H,37,44)/t23-,28?/m1/s1. The van der Waals surface area contributed by atoms with Crippen LogP contribution in [0, 0.1) is 5.82 Å². The van der Waals surface area contributed by atoms with Crippen molar-refractivity contribution in [3.05, 3.63) is 112 Å². The summed E-state index contributed by atoms with van der Waals surface area (Å²) >= 11 is 0. The van der Waals surface area contributed by atoms with Crippen LogP contribution in [0.25, 0.3) is 0 Å². The lowest BCUT2D eigenvalue weighted by Gasteiger charge is -2.17. The molecule has 1 unspecified atom stereocenters. The van der Waals surface area contributed by atoms with Gasteiger partial charge in [0.25, 0.3) is 11.5 Å². The Bertz CT molecular complexity index is 1780. The first-order valence-electron chi connectivity index (χ1n) is 14.1. The molecule has 0 aliphatic rings. The minimum atomic E-state index is -4.87. The normalized spacial score (nSPS) is 12.6. The van der Waals surface area contributed by atoms with Crippen molar-refractivity contribution >= 4 is 17.7 Å². The first-order valence-corrected chi connectivity index (χ1v) is 14.1. The molecule has 4 aromatic rings. The number of esters is 1. The number of hydrogen-bond donors (Lipinski definition) is 1. The third kappa shape index (κ3) is 10.0. The highest BCUT2D eigenvalue weighted by Gasteiger charge is 2.31. The van der Waals surface area contributed by atoms with E-state index in [1.54, 1.807) is 30.3 Å². The molecule has 47 heavy (non-hydrogen) atoms. The van der Waals surface area contributed by atoms with Crippen LogP contribution < -0.4 is 15.6 Å². The van der Waals surface area contributed by atoms with E-state index in [4.69, 9.17) is 4.74 Å². The summed E-state index contributed by atoms with van der Waals surface area (Å²) in [7, 11) is 0. The second kappa shape index (κ2) is 15.2. The molecule has 0 saturated heterocycles. The van der Waals surface area contributed by atoms with Gasteiger partial charge < -0.3 is 19.4 Å². The van der Waals surface area contributed by atoms with Crippen LogP contribution in [-0.2, 0) is 40.4 Å². The Morgan fingerprint density at radius 2 is 1.79 bits per heavy atom. The number of amides is 1. The number of nitrogens with zero attached hydrogens (tertiary/aromatic N) is 4. The third-order valence-corrected chi connectivity index (χ3v) is 6.65. The van der Waals surface area contributed by atoms with Gasteiger partial charge in [-0.25, -0.2) is 13.5 Å². The number of carbonyl (C=O) groups is 3. The lowest BCUT2D eigenvalue weighted by molar-refractivity contribution is -0.274. The van der Waals surface area contributed by atoms with Gasteiger partial charge in [-0.1, -0.05) is 47.7 Å². The van der Waals surface area contributed by atoms with Gasteiger partial charge in [-0.3, -0.25) is 19.2 Å². The van der Waals surface area contributed by atoms with Gasteiger partial charge in [-0.2, -0.15) is 0 Å². The van der Waals surface area contributed by atoms with E-state index in [0.717, 1.165) is 28.3 Å². The molecule has 0 spiro atoms. The number of pyridine rings is 1. The molecule has 0 radical (unpaired) electrons. The van der Waals surface area contributed by atoms with Crippen molar-refractivity contribution in [3.8, 4) is 5.75 Å². The molecule has 1 N–H and O–H groups in total. The topological polar surface area (TPSA) is 134 Å². The maximum absolute atomic E-state index is 15.0. The van der Waals surface area contributed by atoms with Crippen molar-refractivity contribution in [2.45, 2.75) is 58.0 Å². The van der Waals surface area contributed by atoms with Gasteiger partial charge >= 0.3 is 12.3 Å². The van der Waals surface area contributed by atoms with Crippen LogP contribution in [0.5, 0.6) is 5.75 Å². The smallest absolute Gasteiger partial charge is 0.450 e. The van der Waals surface area contributed by atoms with E-state index in [2.05, 4.69) is 20.4 Å². The average Bonchev–Trinajstić information content (AvgIpc) is 3.48. The van der Waals surface area contributed by atoms with Gasteiger partial charge in [0.2, 0.25) is 0 Å². The molecule has 0 bridgehead atoms. The zero-order chi connectivity index (χ0) is 34.1. The molecule has 2 aromatic heterocycles. The Morgan fingerprint density at radius 3 is 2.49 bits per heavy atom. The second-order valence-electron chi connectivity index (χ2n) is 10.3. The highest BCUT2D eigenvalue weighted by molar-refractivity contribution is 5.91. The summed E-state index contributed by atoms with van der Waals surface area (Å²) in [6.45, 7) is 0.419. The number of ether oxygens (including phenoxy) is 2. The number of ketones is 1. The Morgan fingerprint density at radius 1 is 1.04 bits per heavy atom. The molecule has 248 valence electrons. The molecule has 11 nitrogen and oxygen atoms in total. The number of alkyl halides is 4. The quantitative estimate of drug-likeness (QED) is 0.157. The minimum absolute atomic E-state index is 0.148. The minimum Gasteiger partial charge on any atom is -0.450 e. The highest BCUT2D eigenvalue weighted by atomic mass is 19.4. The van der Waals surface area contributed by atoms with E-state index >= 15 is 0 Å². The van der Waals surface area contributed by atoms with E-state index in [1.165, 1.54) is 30.6 Å². The maximum atomic E-state index is 15.0. The molecule has 2 atom stereocenters. The maximum Gasteiger partial charge on any atom is 0.573 e. The van der Waals surface area contributed by atoms with Gasteiger partial charge in [0.15, 0.2) is 23.4 Å². The number of halogens is 5. The summed E-state index contributed by atoms with van der Waals surface area (Å²) in [6.07, 6.45) is -6.11. The number of aromatic nitrogens is 4. The van der Waals surface area contributed by atoms with Crippen LogP contribution in [0.3, 0.4) is 0 Å². The van der Waals surface area contributed by atoms with Crippen LogP contribution >= 0.6 is 0 Å². The molecule has 2 heterocycles. The summed E-state index contributed by atoms with van der Waals surface area (Å²) in [4.78, 5) is 49.5. The number of aryl methyl sites for hydroxylation is 1. The second-order valence-corrected chi connectivity index (χ2v) is 10.3. The zero-order valence-corrected chi connectivity index (χ0v) is 24.7. The number of nitrogens with one attached hydrogen (secondary N) is 1. The van der Waals surface area contributed by atoms with Crippen molar-refractivity contribution in [3.63, 3.8) is 0 Å². The van der Waals surface area contributed by atoms with Crippen molar-refractivity contribution in [1.29, 1.82) is 0 Å². The predicted molar refractivity (Wildman–Crippen MR) is 154 cm³/mol. The molecule has 0 saturated carbocycles. The number of rotatable bonds is 14. The summed E-state index contributed by atoms with van der Waals surface area (Å²) < 4.78 is 78.0. The van der Waals surface area contributed by atoms with Crippen molar-refractivity contribution in [1.82, 2.24) is 24.9 Å². The predicted octanol–water partition coefficient (Wildman–Crippen LogP) is 4.25. The molecular weight excluding hydrogens is 633 g/mol. The summed E-state index contributed by atoms with van der Waals surface area (Å²) in [5, 5.41) is 9.84. The van der Waals surface area contributed by atoms with Crippen LogP contribution in [0.1, 0.15) is 46.6 Å². The number of Topliss-reactive ketones (excluding diaryl/α,β-unsaturated/α-hetero) is 1. The molecule has 1 amide bonds. The molecule has 4 rings (SSSR count). The largest absolute Gasteiger partial charge is 0.573 e. The van der Waals surface area contributed by atoms with E-state index in [-0.39, 0.29) is 37.3 Å². The van der Waals surface area contributed by atoms with E-state index in [9.17, 15) is 41.1 Å². The molecule has 16 heteroatoms. The fourth-order valence-corrected chi connectivity index (χ4v) is 4.48. The lowest BCUT2D eigenvalue weighted by atomic mass is 10.00. The molecule has 0 aliphatic heterocycles. The third-order valence-electron chi connectivity index (χ3n) is 6.65. The Labute approximate surface area is 263 Å². The van der Waals surface area contributed by atoms with E-state index < -0.39 is 59.8 Å². The summed E-state index contributed by atoms with van der Waals surface area (Å²) in [5.41, 5.74) is -0.745. The monoisotopic (exact) mass is 661 g/mol. The van der Waals surface area contributed by atoms with Crippen LogP contribution in [-0.4, -0.2) is 49.8 Å². The molecule has 0 fully saturated rings. The first-order chi connectivity index (χ1) is 22.3. The summed E-state index contributed by atoms with van der Waals surface area (Å²) in [5.74, 6) is -3.71.